The SMILES string of the molecule is NCC1(c2c[nH]c3cc(Cl)ccc23)CC1(F)F. The first kappa shape index (κ1) is 11.0. The van der Waals surface area contributed by atoms with E-state index < -0.39 is 11.3 Å². The maximum atomic E-state index is 13.5. The van der Waals surface area contributed by atoms with Crippen molar-refractivity contribution in [2.75, 3.05) is 6.54 Å². The van der Waals surface area contributed by atoms with Crippen LogP contribution in [0.4, 0.5) is 8.78 Å². The average molecular weight is 257 g/mol. The number of benzene rings is 1. The number of alkyl halides is 2. The van der Waals surface area contributed by atoms with E-state index in [0.717, 1.165) is 10.9 Å². The van der Waals surface area contributed by atoms with Crippen LogP contribution in [-0.2, 0) is 5.41 Å². The standard InChI is InChI=1S/C12H11ClF2N2/c13-7-1-2-8-9(4-17-10(8)3-7)11(6-16)5-12(11,14)15/h1-4,17H,5-6,16H2. The molecule has 5 heteroatoms. The molecule has 2 nitrogen and oxygen atoms in total. The highest BCUT2D eigenvalue weighted by Crippen LogP contribution is 2.62. The summed E-state index contributed by atoms with van der Waals surface area (Å²) in [5, 5.41) is 1.35. The molecule has 1 atom stereocenters. The minimum Gasteiger partial charge on any atom is -0.361 e. The highest BCUT2D eigenvalue weighted by Gasteiger charge is 2.71. The quantitative estimate of drug-likeness (QED) is 0.852. The van der Waals surface area contributed by atoms with E-state index in [2.05, 4.69) is 4.98 Å². The van der Waals surface area contributed by atoms with Crippen molar-refractivity contribution in [3.63, 3.8) is 0 Å². The molecule has 1 saturated carbocycles. The highest BCUT2D eigenvalue weighted by atomic mass is 35.5. The summed E-state index contributed by atoms with van der Waals surface area (Å²) in [5.74, 6) is -2.70. The Bertz CT molecular complexity index is 593. The molecule has 90 valence electrons. The van der Waals surface area contributed by atoms with Gasteiger partial charge in [0.2, 0.25) is 0 Å². The maximum absolute atomic E-state index is 13.5. The Balaban J connectivity index is 2.19. The second-order valence-corrected chi connectivity index (χ2v) is 5.00. The largest absolute Gasteiger partial charge is 0.361 e. The van der Waals surface area contributed by atoms with E-state index in [1.807, 2.05) is 0 Å². The molecule has 0 aliphatic heterocycles. The number of hydrogen-bond donors (Lipinski definition) is 2. The summed E-state index contributed by atoms with van der Waals surface area (Å²) in [6.07, 6.45) is 1.45. The number of rotatable bonds is 2. The second kappa shape index (κ2) is 3.21. The molecule has 1 aliphatic carbocycles. The van der Waals surface area contributed by atoms with Crippen LogP contribution in [0.1, 0.15) is 12.0 Å². The molecule has 1 heterocycles. The van der Waals surface area contributed by atoms with E-state index in [-0.39, 0.29) is 13.0 Å². The number of aromatic nitrogens is 1. The summed E-state index contributed by atoms with van der Waals surface area (Å²) in [7, 11) is 0. The number of nitrogens with two attached hydrogens (primary N) is 1. The van der Waals surface area contributed by atoms with E-state index in [1.165, 1.54) is 0 Å². The number of nitrogens with one attached hydrogen (secondary N) is 1. The number of aromatic amines is 1. The lowest BCUT2D eigenvalue weighted by atomic mass is 9.95. The van der Waals surface area contributed by atoms with E-state index in [1.54, 1.807) is 24.4 Å². The van der Waals surface area contributed by atoms with Crippen LogP contribution in [-0.4, -0.2) is 17.5 Å². The number of hydrogen-bond acceptors (Lipinski definition) is 1. The minimum absolute atomic E-state index is 0.0461. The van der Waals surface area contributed by atoms with Crippen LogP contribution in [0, 0.1) is 0 Å². The van der Waals surface area contributed by atoms with Gasteiger partial charge in [0, 0.05) is 35.1 Å². The number of fused-ring (bicyclic) bond motifs is 1. The maximum Gasteiger partial charge on any atom is 0.260 e. The van der Waals surface area contributed by atoms with Gasteiger partial charge in [-0.25, -0.2) is 8.78 Å². The van der Waals surface area contributed by atoms with E-state index in [4.69, 9.17) is 17.3 Å². The third kappa shape index (κ3) is 1.34. The van der Waals surface area contributed by atoms with Crippen molar-refractivity contribution in [1.82, 2.24) is 4.98 Å². The monoisotopic (exact) mass is 256 g/mol. The Morgan fingerprint density at radius 2 is 2.12 bits per heavy atom. The molecule has 0 radical (unpaired) electrons. The van der Waals surface area contributed by atoms with Crippen LogP contribution in [0.5, 0.6) is 0 Å². The first-order valence-corrected chi connectivity index (χ1v) is 5.73. The summed E-state index contributed by atoms with van der Waals surface area (Å²) in [6.45, 7) is -0.0461. The fourth-order valence-corrected chi connectivity index (χ4v) is 2.62. The van der Waals surface area contributed by atoms with Crippen molar-refractivity contribution in [3.8, 4) is 0 Å². The summed E-state index contributed by atoms with van der Waals surface area (Å²) < 4.78 is 27.0. The molecule has 0 amide bonds. The molecule has 1 aromatic carbocycles. The highest BCUT2D eigenvalue weighted by molar-refractivity contribution is 6.31. The molecule has 1 fully saturated rings. The predicted octanol–water partition coefficient (Wildman–Crippen LogP) is 3.06. The smallest absolute Gasteiger partial charge is 0.260 e. The van der Waals surface area contributed by atoms with Crippen molar-refractivity contribution in [2.24, 2.45) is 5.73 Å². The number of halogens is 3. The van der Waals surface area contributed by atoms with Crippen molar-refractivity contribution in [2.45, 2.75) is 17.8 Å². The van der Waals surface area contributed by atoms with Gasteiger partial charge in [0.1, 0.15) is 0 Å². The fraction of sp³-hybridized carbons (Fsp3) is 0.333. The molecule has 1 aliphatic rings. The van der Waals surface area contributed by atoms with Gasteiger partial charge in [-0.2, -0.15) is 0 Å². The van der Waals surface area contributed by atoms with Gasteiger partial charge in [0.25, 0.3) is 5.92 Å². The van der Waals surface area contributed by atoms with E-state index in [0.29, 0.717) is 10.6 Å². The Hall–Kier alpha value is -1.13. The van der Waals surface area contributed by atoms with Gasteiger partial charge in [0.15, 0.2) is 0 Å². The first-order chi connectivity index (χ1) is 8.00. The Labute approximate surface area is 102 Å². The zero-order valence-electron chi connectivity index (χ0n) is 8.93. The third-order valence-corrected chi connectivity index (χ3v) is 3.84. The van der Waals surface area contributed by atoms with Crippen LogP contribution in [0.2, 0.25) is 5.02 Å². The topological polar surface area (TPSA) is 41.8 Å². The van der Waals surface area contributed by atoms with Gasteiger partial charge in [-0.15, -0.1) is 0 Å². The molecule has 2 aromatic rings. The van der Waals surface area contributed by atoms with Crippen molar-refractivity contribution >= 4 is 22.5 Å². The molecular formula is C12H11ClF2N2. The lowest BCUT2D eigenvalue weighted by Crippen LogP contribution is -2.26. The molecule has 1 aromatic heterocycles. The lowest BCUT2D eigenvalue weighted by Gasteiger charge is -2.12. The normalized spacial score (nSPS) is 26.4. The Kier molecular flexibility index (Phi) is 2.07. The summed E-state index contributed by atoms with van der Waals surface area (Å²) >= 11 is 5.85. The van der Waals surface area contributed by atoms with Crippen LogP contribution in [0.15, 0.2) is 24.4 Å². The molecule has 17 heavy (non-hydrogen) atoms. The molecule has 0 bridgehead atoms. The molecule has 1 unspecified atom stereocenters. The fourth-order valence-electron chi connectivity index (χ4n) is 2.45. The van der Waals surface area contributed by atoms with E-state index in [9.17, 15) is 8.78 Å². The van der Waals surface area contributed by atoms with Gasteiger partial charge in [-0.3, -0.25) is 0 Å². The zero-order valence-corrected chi connectivity index (χ0v) is 9.69. The molecule has 0 spiro atoms. The third-order valence-electron chi connectivity index (χ3n) is 3.61. The van der Waals surface area contributed by atoms with Gasteiger partial charge < -0.3 is 10.7 Å². The summed E-state index contributed by atoms with van der Waals surface area (Å²) in [4.78, 5) is 2.97. The predicted molar refractivity (Wildman–Crippen MR) is 63.6 cm³/mol. The summed E-state index contributed by atoms with van der Waals surface area (Å²) in [6, 6.07) is 5.19. The average Bonchev–Trinajstić information content (AvgIpc) is 2.67. The molecule has 0 saturated heterocycles. The van der Waals surface area contributed by atoms with Crippen molar-refractivity contribution < 1.29 is 8.78 Å². The Morgan fingerprint density at radius 3 is 2.71 bits per heavy atom. The van der Waals surface area contributed by atoms with Crippen LogP contribution < -0.4 is 5.73 Å². The molecule has 3 N–H and O–H groups in total. The van der Waals surface area contributed by atoms with E-state index >= 15 is 0 Å². The first-order valence-electron chi connectivity index (χ1n) is 5.35. The zero-order chi connectivity index (χ0) is 12.3. The van der Waals surface area contributed by atoms with Gasteiger partial charge in [-0.05, 0) is 17.7 Å². The van der Waals surface area contributed by atoms with Crippen LogP contribution >= 0.6 is 11.6 Å². The number of H-pyrrole nitrogens is 1. The minimum atomic E-state index is -2.70. The molecular weight excluding hydrogens is 246 g/mol. The van der Waals surface area contributed by atoms with Crippen molar-refractivity contribution in [3.05, 3.63) is 35.0 Å². The lowest BCUT2D eigenvalue weighted by molar-refractivity contribution is 0.0899. The van der Waals surface area contributed by atoms with Gasteiger partial charge >= 0.3 is 0 Å². The van der Waals surface area contributed by atoms with Crippen LogP contribution in [0.3, 0.4) is 0 Å². The summed E-state index contributed by atoms with van der Waals surface area (Å²) in [5.41, 5.74) is 5.70. The van der Waals surface area contributed by atoms with Crippen LogP contribution in [0.25, 0.3) is 10.9 Å². The van der Waals surface area contributed by atoms with Gasteiger partial charge in [0.05, 0.1) is 5.41 Å². The van der Waals surface area contributed by atoms with Crippen molar-refractivity contribution in [1.29, 1.82) is 0 Å². The Morgan fingerprint density at radius 1 is 1.41 bits per heavy atom. The second-order valence-electron chi connectivity index (χ2n) is 4.56. The van der Waals surface area contributed by atoms with Gasteiger partial charge in [-0.1, -0.05) is 17.7 Å². The molecule has 3 rings (SSSR count).